The van der Waals surface area contributed by atoms with Crippen LogP contribution in [0.1, 0.15) is 29.3 Å². The Kier molecular flexibility index (Phi) is 4.24. The van der Waals surface area contributed by atoms with E-state index < -0.39 is 0 Å². The minimum absolute atomic E-state index is 0.327. The Morgan fingerprint density at radius 3 is 3.05 bits per heavy atom. The number of halogens is 2. The molecule has 0 aliphatic heterocycles. The molecule has 1 N–H and O–H groups in total. The lowest BCUT2D eigenvalue weighted by atomic mass is 9.94. The fraction of sp³-hybridized carbons (Fsp3) is 0.333. The van der Waals surface area contributed by atoms with Gasteiger partial charge in [0, 0.05) is 9.90 Å². The summed E-state index contributed by atoms with van der Waals surface area (Å²) in [5.41, 5.74) is 2.36. The average molecular weight is 373 g/mol. The van der Waals surface area contributed by atoms with E-state index in [9.17, 15) is 0 Å². The highest BCUT2D eigenvalue weighted by Crippen LogP contribution is 2.41. The molecule has 2 nitrogen and oxygen atoms in total. The van der Waals surface area contributed by atoms with Crippen LogP contribution in [-0.2, 0) is 6.42 Å². The minimum Gasteiger partial charge on any atom is -0.495 e. The molecule has 1 aliphatic carbocycles. The molecule has 5 heteroatoms. The highest BCUT2D eigenvalue weighted by Gasteiger charge is 2.23. The zero-order valence-electron chi connectivity index (χ0n) is 11.1. The lowest BCUT2D eigenvalue weighted by molar-refractivity contribution is 0.415. The van der Waals surface area contributed by atoms with Crippen molar-refractivity contribution >= 4 is 44.6 Å². The zero-order chi connectivity index (χ0) is 14.1. The molecule has 0 fully saturated rings. The normalized spacial score (nSPS) is 17.6. The average Bonchev–Trinajstić information content (AvgIpc) is 2.80. The summed E-state index contributed by atoms with van der Waals surface area (Å²) in [4.78, 5) is 1.47. The Balaban J connectivity index is 1.90. The van der Waals surface area contributed by atoms with Crippen molar-refractivity contribution in [2.75, 3.05) is 12.4 Å². The number of nitrogens with one attached hydrogen (secondary N) is 1. The molecule has 106 valence electrons. The molecular weight excluding hydrogens is 358 g/mol. The van der Waals surface area contributed by atoms with Crippen LogP contribution >= 0.6 is 38.9 Å². The maximum Gasteiger partial charge on any atom is 0.142 e. The number of hydrogen-bond donors (Lipinski definition) is 1. The quantitative estimate of drug-likeness (QED) is 0.750. The number of thiophene rings is 1. The van der Waals surface area contributed by atoms with Gasteiger partial charge in [-0.3, -0.25) is 0 Å². The molecule has 1 atom stereocenters. The van der Waals surface area contributed by atoms with Crippen molar-refractivity contribution in [3.05, 3.63) is 43.5 Å². The maximum absolute atomic E-state index is 6.09. The van der Waals surface area contributed by atoms with Crippen molar-refractivity contribution in [3.63, 3.8) is 0 Å². The fourth-order valence-corrected chi connectivity index (χ4v) is 4.64. The Hall–Kier alpha value is -0.710. The molecule has 2 aromatic rings. The topological polar surface area (TPSA) is 21.3 Å². The molecule has 0 amide bonds. The summed E-state index contributed by atoms with van der Waals surface area (Å²) in [6, 6.07) is 8.23. The second-order valence-electron chi connectivity index (χ2n) is 4.86. The largest absolute Gasteiger partial charge is 0.495 e. The van der Waals surface area contributed by atoms with E-state index in [0.717, 1.165) is 22.9 Å². The molecule has 0 spiro atoms. The number of anilines is 1. The van der Waals surface area contributed by atoms with Gasteiger partial charge in [0.05, 0.1) is 22.6 Å². The summed E-state index contributed by atoms with van der Waals surface area (Å²) < 4.78 is 6.61. The highest BCUT2D eigenvalue weighted by molar-refractivity contribution is 9.11. The van der Waals surface area contributed by atoms with Crippen molar-refractivity contribution in [2.45, 2.75) is 25.3 Å². The molecule has 1 aromatic heterocycles. The van der Waals surface area contributed by atoms with Crippen LogP contribution in [0.15, 0.2) is 28.1 Å². The van der Waals surface area contributed by atoms with Crippen LogP contribution in [-0.4, -0.2) is 7.11 Å². The number of methoxy groups -OCH3 is 1. The molecule has 1 heterocycles. The Labute approximate surface area is 136 Å². The third kappa shape index (κ3) is 2.83. The molecule has 0 saturated heterocycles. The molecule has 1 unspecified atom stereocenters. The summed E-state index contributed by atoms with van der Waals surface area (Å²) in [7, 11) is 1.68. The lowest BCUT2D eigenvalue weighted by Gasteiger charge is -2.25. The van der Waals surface area contributed by atoms with Gasteiger partial charge in [-0.25, -0.2) is 0 Å². The smallest absolute Gasteiger partial charge is 0.142 e. The number of fused-ring (bicyclic) bond motifs is 1. The first kappa shape index (κ1) is 14.2. The Morgan fingerprint density at radius 1 is 1.40 bits per heavy atom. The number of rotatable bonds is 3. The fourth-order valence-electron chi connectivity index (χ4n) is 2.65. The van der Waals surface area contributed by atoms with Crippen LogP contribution < -0.4 is 10.1 Å². The predicted molar refractivity (Wildman–Crippen MR) is 89.3 cm³/mol. The van der Waals surface area contributed by atoms with Crippen LogP contribution in [0.2, 0.25) is 5.02 Å². The van der Waals surface area contributed by atoms with E-state index in [1.54, 1.807) is 7.11 Å². The summed E-state index contributed by atoms with van der Waals surface area (Å²) in [5.74, 6) is 0.829. The van der Waals surface area contributed by atoms with Crippen molar-refractivity contribution in [3.8, 4) is 5.75 Å². The van der Waals surface area contributed by atoms with E-state index in [4.69, 9.17) is 16.3 Å². The van der Waals surface area contributed by atoms with Gasteiger partial charge in [-0.15, -0.1) is 11.3 Å². The summed E-state index contributed by atoms with van der Waals surface area (Å²) in [6.45, 7) is 0. The van der Waals surface area contributed by atoms with Crippen molar-refractivity contribution in [1.82, 2.24) is 0 Å². The molecule has 3 rings (SSSR count). The highest BCUT2D eigenvalue weighted by atomic mass is 79.9. The van der Waals surface area contributed by atoms with Gasteiger partial charge in [0.1, 0.15) is 5.75 Å². The summed E-state index contributed by atoms with van der Waals surface area (Å²) >= 11 is 11.5. The first-order valence-electron chi connectivity index (χ1n) is 6.55. The monoisotopic (exact) mass is 371 g/mol. The van der Waals surface area contributed by atoms with Crippen molar-refractivity contribution < 1.29 is 4.74 Å². The Bertz CT molecular complexity index is 628. The Morgan fingerprint density at radius 2 is 2.25 bits per heavy atom. The van der Waals surface area contributed by atoms with Gasteiger partial charge < -0.3 is 10.1 Å². The maximum atomic E-state index is 6.09. The van der Waals surface area contributed by atoms with Crippen molar-refractivity contribution in [2.24, 2.45) is 0 Å². The molecule has 0 saturated carbocycles. The molecule has 0 bridgehead atoms. The van der Waals surface area contributed by atoms with E-state index >= 15 is 0 Å². The third-order valence-corrected chi connectivity index (χ3v) is 5.52. The number of benzene rings is 1. The zero-order valence-corrected chi connectivity index (χ0v) is 14.2. The lowest BCUT2D eigenvalue weighted by Crippen LogP contribution is -2.16. The standard InChI is InChI=1S/C15H15BrClNOS/c1-19-13-6-5-9(17)7-12(13)18-11-3-2-4-14-10(11)8-15(16)20-14/h5-8,11,18H,2-4H2,1H3. The van der Waals surface area contributed by atoms with Gasteiger partial charge in [0.2, 0.25) is 0 Å². The molecular formula is C15H15BrClNOS. The van der Waals surface area contributed by atoms with Crippen LogP contribution in [0, 0.1) is 0 Å². The van der Waals surface area contributed by atoms with E-state index in [0.29, 0.717) is 6.04 Å². The van der Waals surface area contributed by atoms with Gasteiger partial charge in [0.15, 0.2) is 0 Å². The number of aryl methyl sites for hydroxylation is 1. The molecule has 20 heavy (non-hydrogen) atoms. The van der Waals surface area contributed by atoms with Gasteiger partial charge in [-0.2, -0.15) is 0 Å². The minimum atomic E-state index is 0.327. The third-order valence-electron chi connectivity index (χ3n) is 3.57. The van der Waals surface area contributed by atoms with Crippen molar-refractivity contribution in [1.29, 1.82) is 0 Å². The van der Waals surface area contributed by atoms with Gasteiger partial charge in [0.25, 0.3) is 0 Å². The second-order valence-corrected chi connectivity index (χ2v) is 7.82. The van der Waals surface area contributed by atoms with Crippen LogP contribution in [0.4, 0.5) is 5.69 Å². The van der Waals surface area contributed by atoms with Gasteiger partial charge in [-0.05, 0) is 65.0 Å². The SMILES string of the molecule is COc1ccc(Cl)cc1NC1CCCc2sc(Br)cc21. The van der Waals surface area contributed by atoms with Gasteiger partial charge >= 0.3 is 0 Å². The van der Waals surface area contributed by atoms with Crippen LogP contribution in [0.25, 0.3) is 0 Å². The molecule has 1 aromatic carbocycles. The van der Waals surface area contributed by atoms with E-state index in [1.807, 2.05) is 29.5 Å². The second kappa shape index (κ2) is 5.96. The molecule has 0 radical (unpaired) electrons. The summed E-state index contributed by atoms with van der Waals surface area (Å²) in [6.07, 6.45) is 3.52. The number of ether oxygens (including phenoxy) is 1. The predicted octanol–water partition coefficient (Wildman–Crippen LogP) is 5.66. The first-order chi connectivity index (χ1) is 9.67. The first-order valence-corrected chi connectivity index (χ1v) is 8.54. The van der Waals surface area contributed by atoms with Gasteiger partial charge in [-0.1, -0.05) is 11.6 Å². The van der Waals surface area contributed by atoms with E-state index in [2.05, 4.69) is 27.3 Å². The molecule has 1 aliphatic rings. The van der Waals surface area contributed by atoms with E-state index in [-0.39, 0.29) is 0 Å². The van der Waals surface area contributed by atoms with Crippen LogP contribution in [0.3, 0.4) is 0 Å². The van der Waals surface area contributed by atoms with Crippen LogP contribution in [0.5, 0.6) is 5.75 Å². The van der Waals surface area contributed by atoms with E-state index in [1.165, 1.54) is 27.1 Å². The summed E-state index contributed by atoms with van der Waals surface area (Å²) in [5, 5.41) is 4.31. The number of hydrogen-bond acceptors (Lipinski definition) is 3.